The summed E-state index contributed by atoms with van der Waals surface area (Å²) >= 11 is 6.86. The number of benzene rings is 1. The average molecular weight is 567 g/mol. The summed E-state index contributed by atoms with van der Waals surface area (Å²) in [7, 11) is 3.18. The molecule has 4 rings (SSSR count). The minimum absolute atomic E-state index is 0.112. The van der Waals surface area contributed by atoms with Gasteiger partial charge in [0.2, 0.25) is 0 Å². The number of thiocarbonyl (C=S) groups is 1. The van der Waals surface area contributed by atoms with Crippen molar-refractivity contribution in [3.63, 3.8) is 0 Å². The van der Waals surface area contributed by atoms with Crippen LogP contribution in [0.15, 0.2) is 27.9 Å². The number of aromatic nitrogens is 1. The van der Waals surface area contributed by atoms with Gasteiger partial charge in [0, 0.05) is 31.7 Å². The Morgan fingerprint density at radius 2 is 1.97 bits per heavy atom. The Balaban J connectivity index is 1.69. The zero-order chi connectivity index (χ0) is 28.3. The highest BCUT2D eigenvalue weighted by Crippen LogP contribution is 2.37. The van der Waals surface area contributed by atoms with Crippen molar-refractivity contribution in [2.45, 2.75) is 46.6 Å². The molecule has 10 heteroatoms. The minimum atomic E-state index is -0.287. The summed E-state index contributed by atoms with van der Waals surface area (Å²) in [5, 5.41) is 9.82. The molecule has 206 valence electrons. The molecule has 8 nitrogen and oxygen atoms in total. The molecule has 1 aromatic carbocycles. The van der Waals surface area contributed by atoms with Crippen molar-refractivity contribution in [2.24, 2.45) is 5.92 Å². The number of nitriles is 1. The molecule has 1 amide bonds. The zero-order valence-electron chi connectivity index (χ0n) is 23.1. The third kappa shape index (κ3) is 5.70. The largest absolute Gasteiger partial charge is 0.493 e. The number of anilines is 1. The number of thioether (sulfide) groups is 1. The van der Waals surface area contributed by atoms with Crippen molar-refractivity contribution in [3.8, 4) is 17.6 Å². The fraction of sp³-hybridized carbons (Fsp3) is 0.448. The molecule has 0 N–H and O–H groups in total. The predicted molar refractivity (Wildman–Crippen MR) is 160 cm³/mol. The molecule has 1 atom stereocenters. The van der Waals surface area contributed by atoms with Gasteiger partial charge in [-0.2, -0.15) is 5.26 Å². The van der Waals surface area contributed by atoms with E-state index in [-0.39, 0.29) is 17.0 Å². The monoisotopic (exact) mass is 566 g/mol. The van der Waals surface area contributed by atoms with Crippen molar-refractivity contribution >= 4 is 46.1 Å². The van der Waals surface area contributed by atoms with Gasteiger partial charge in [-0.3, -0.25) is 19.1 Å². The second kappa shape index (κ2) is 12.3. The van der Waals surface area contributed by atoms with Crippen molar-refractivity contribution in [1.82, 2.24) is 9.47 Å². The number of amides is 1. The lowest BCUT2D eigenvalue weighted by atomic mass is 9.98. The standard InChI is InChI=1S/C29H34N4O4S2/c1-6-32-26(31-12-7-8-18(2)17-31)21(19(3)22(16-30)27(32)34)15-25-28(35)33(29(38)39-25)13-11-20-9-10-23(36-4)24(14-20)37-5/h9-10,14-15,18H,6-8,11-13,17H2,1-5H3/b25-15-. The fourth-order valence-electron chi connectivity index (χ4n) is 5.26. The van der Waals surface area contributed by atoms with Gasteiger partial charge >= 0.3 is 0 Å². The summed E-state index contributed by atoms with van der Waals surface area (Å²) < 4.78 is 12.9. The first-order valence-corrected chi connectivity index (χ1v) is 14.3. The van der Waals surface area contributed by atoms with Crippen LogP contribution in [-0.2, 0) is 17.8 Å². The van der Waals surface area contributed by atoms with E-state index in [1.807, 2.05) is 31.2 Å². The molecular weight excluding hydrogens is 532 g/mol. The Hall–Kier alpha value is -3.29. The first-order chi connectivity index (χ1) is 18.7. The van der Waals surface area contributed by atoms with E-state index in [9.17, 15) is 14.9 Å². The lowest BCUT2D eigenvalue weighted by Crippen LogP contribution is -2.40. The molecular formula is C29H34N4O4S2. The molecule has 0 spiro atoms. The topological polar surface area (TPSA) is 87.8 Å². The van der Waals surface area contributed by atoms with Gasteiger partial charge in [0.05, 0.1) is 19.1 Å². The number of hydrogen-bond acceptors (Lipinski definition) is 8. The molecule has 0 saturated carbocycles. The molecule has 1 aromatic heterocycles. The third-order valence-electron chi connectivity index (χ3n) is 7.34. The number of pyridine rings is 1. The fourth-order valence-corrected chi connectivity index (χ4v) is 6.55. The maximum absolute atomic E-state index is 13.5. The van der Waals surface area contributed by atoms with Gasteiger partial charge in [0.25, 0.3) is 11.5 Å². The Kier molecular flexibility index (Phi) is 9.03. The van der Waals surface area contributed by atoms with Crippen LogP contribution < -0.4 is 19.9 Å². The summed E-state index contributed by atoms with van der Waals surface area (Å²) in [5.41, 5.74) is 2.15. The quantitative estimate of drug-likeness (QED) is 0.334. The number of methoxy groups -OCH3 is 2. The highest BCUT2D eigenvalue weighted by Gasteiger charge is 2.33. The molecule has 2 aliphatic rings. The van der Waals surface area contributed by atoms with Crippen LogP contribution in [0, 0.1) is 24.2 Å². The van der Waals surface area contributed by atoms with E-state index in [1.54, 1.807) is 30.6 Å². The Morgan fingerprint density at radius 3 is 2.62 bits per heavy atom. The van der Waals surface area contributed by atoms with Gasteiger partial charge in [0.1, 0.15) is 21.8 Å². The number of carbonyl (C=O) groups is 1. The molecule has 2 aliphatic heterocycles. The van der Waals surface area contributed by atoms with Crippen LogP contribution in [0.4, 0.5) is 5.82 Å². The molecule has 2 fully saturated rings. The summed E-state index contributed by atoms with van der Waals surface area (Å²) in [5.74, 6) is 2.37. The van der Waals surface area contributed by atoms with Crippen molar-refractivity contribution in [2.75, 3.05) is 38.8 Å². The van der Waals surface area contributed by atoms with Gasteiger partial charge in [-0.25, -0.2) is 0 Å². The number of nitrogens with zero attached hydrogens (tertiary/aromatic N) is 4. The van der Waals surface area contributed by atoms with Crippen LogP contribution >= 0.6 is 24.0 Å². The third-order valence-corrected chi connectivity index (χ3v) is 8.72. The molecule has 2 saturated heterocycles. The lowest BCUT2D eigenvalue weighted by molar-refractivity contribution is -0.122. The van der Waals surface area contributed by atoms with Crippen molar-refractivity contribution in [1.29, 1.82) is 5.26 Å². The van der Waals surface area contributed by atoms with Crippen LogP contribution in [0.3, 0.4) is 0 Å². The number of carbonyl (C=O) groups excluding carboxylic acids is 1. The first kappa shape index (κ1) is 28.7. The number of piperidine rings is 1. The minimum Gasteiger partial charge on any atom is -0.493 e. The highest BCUT2D eigenvalue weighted by atomic mass is 32.2. The van der Waals surface area contributed by atoms with Crippen LogP contribution in [0.25, 0.3) is 6.08 Å². The number of ether oxygens (including phenoxy) is 2. The van der Waals surface area contributed by atoms with Gasteiger partial charge in [0.15, 0.2) is 11.5 Å². The molecule has 0 radical (unpaired) electrons. The van der Waals surface area contributed by atoms with E-state index in [4.69, 9.17) is 21.7 Å². The number of hydrogen-bond donors (Lipinski definition) is 0. The van der Waals surface area contributed by atoms with E-state index in [0.717, 1.165) is 42.9 Å². The summed E-state index contributed by atoms with van der Waals surface area (Å²) in [4.78, 5) is 31.1. The van der Waals surface area contributed by atoms with Crippen LogP contribution in [0.5, 0.6) is 11.5 Å². The Labute approximate surface area is 239 Å². The van der Waals surface area contributed by atoms with Crippen LogP contribution in [0.1, 0.15) is 48.9 Å². The SMILES string of the molecule is CCn1c(N2CCCC(C)C2)c(/C=C2\SC(=S)N(CCc3ccc(OC)c(OC)c3)C2=O)c(C)c(C#N)c1=O. The van der Waals surface area contributed by atoms with Crippen LogP contribution in [-0.4, -0.2) is 53.5 Å². The predicted octanol–water partition coefficient (Wildman–Crippen LogP) is 4.75. The Morgan fingerprint density at radius 1 is 1.23 bits per heavy atom. The summed E-state index contributed by atoms with van der Waals surface area (Å²) in [6, 6.07) is 7.79. The van der Waals surface area contributed by atoms with Crippen molar-refractivity contribution in [3.05, 3.63) is 55.7 Å². The zero-order valence-corrected chi connectivity index (χ0v) is 24.7. The van der Waals surface area contributed by atoms with E-state index in [1.165, 1.54) is 11.8 Å². The maximum Gasteiger partial charge on any atom is 0.270 e. The molecule has 2 aromatic rings. The summed E-state index contributed by atoms with van der Waals surface area (Å²) in [6.07, 6.45) is 4.58. The van der Waals surface area contributed by atoms with E-state index in [2.05, 4.69) is 17.9 Å². The molecule has 39 heavy (non-hydrogen) atoms. The second-order valence-electron chi connectivity index (χ2n) is 9.86. The Bertz CT molecular complexity index is 1430. The molecule has 0 aliphatic carbocycles. The first-order valence-electron chi connectivity index (χ1n) is 13.1. The average Bonchev–Trinajstić information content (AvgIpc) is 3.20. The van der Waals surface area contributed by atoms with Crippen molar-refractivity contribution < 1.29 is 14.3 Å². The smallest absolute Gasteiger partial charge is 0.270 e. The van der Waals surface area contributed by atoms with E-state index < -0.39 is 0 Å². The highest BCUT2D eigenvalue weighted by molar-refractivity contribution is 8.26. The van der Waals surface area contributed by atoms with Gasteiger partial charge in [-0.1, -0.05) is 37.0 Å². The van der Waals surface area contributed by atoms with Gasteiger partial charge < -0.3 is 14.4 Å². The second-order valence-corrected chi connectivity index (χ2v) is 11.5. The molecule has 3 heterocycles. The number of rotatable bonds is 8. The van der Waals surface area contributed by atoms with E-state index in [0.29, 0.717) is 51.7 Å². The van der Waals surface area contributed by atoms with E-state index >= 15 is 0 Å². The molecule has 1 unspecified atom stereocenters. The van der Waals surface area contributed by atoms with Crippen LogP contribution in [0.2, 0.25) is 0 Å². The molecule has 0 bridgehead atoms. The summed E-state index contributed by atoms with van der Waals surface area (Å²) in [6.45, 7) is 8.40. The van der Waals surface area contributed by atoms with Gasteiger partial charge in [-0.15, -0.1) is 0 Å². The van der Waals surface area contributed by atoms with Gasteiger partial charge in [-0.05, 0) is 68.4 Å². The maximum atomic E-state index is 13.5. The normalized spacial score (nSPS) is 18.6. The lowest BCUT2D eigenvalue weighted by Gasteiger charge is -2.35.